The number of hydrogen-bond donors (Lipinski definition) is 0. The van der Waals surface area contributed by atoms with Gasteiger partial charge in [-0.3, -0.25) is 19.6 Å². The Balaban J connectivity index is 2.18. The van der Waals surface area contributed by atoms with Crippen LogP contribution >= 0.6 is 0 Å². The van der Waals surface area contributed by atoms with E-state index in [-0.39, 0.29) is 18.0 Å². The molecule has 6 nitrogen and oxygen atoms in total. The zero-order valence-electron chi connectivity index (χ0n) is 13.0. The van der Waals surface area contributed by atoms with Gasteiger partial charge in [-0.15, -0.1) is 0 Å². The van der Waals surface area contributed by atoms with E-state index in [0.29, 0.717) is 17.0 Å². The molecule has 6 heteroatoms. The van der Waals surface area contributed by atoms with Crippen molar-refractivity contribution in [2.24, 2.45) is 0 Å². The minimum Gasteiger partial charge on any atom is -0.292 e. The molecule has 1 aromatic carbocycles. The zero-order chi connectivity index (χ0) is 16.3. The van der Waals surface area contributed by atoms with Gasteiger partial charge in [-0.25, -0.2) is 0 Å². The Kier molecular flexibility index (Phi) is 4.70. The summed E-state index contributed by atoms with van der Waals surface area (Å²) in [5.74, 6) is -0.108. The number of carbonyl (C=O) groups excluding carboxylic acids is 1. The average molecular weight is 301 g/mol. The van der Waals surface area contributed by atoms with Crippen LogP contribution in [0.2, 0.25) is 0 Å². The number of aryl methyl sites for hydroxylation is 2. The summed E-state index contributed by atoms with van der Waals surface area (Å²) >= 11 is 0. The summed E-state index contributed by atoms with van der Waals surface area (Å²) in [7, 11) is 0. The zero-order valence-corrected chi connectivity index (χ0v) is 13.0. The lowest BCUT2D eigenvalue weighted by Crippen LogP contribution is -2.13. The lowest BCUT2D eigenvalue weighted by Gasteiger charge is -2.05. The molecule has 0 saturated carbocycles. The second-order valence-electron chi connectivity index (χ2n) is 5.30. The van der Waals surface area contributed by atoms with Gasteiger partial charge in [0.05, 0.1) is 4.92 Å². The Morgan fingerprint density at radius 3 is 2.41 bits per heavy atom. The largest absolute Gasteiger partial charge is 0.312 e. The average Bonchev–Trinajstić information content (AvgIpc) is 2.74. The van der Waals surface area contributed by atoms with E-state index in [0.717, 1.165) is 12.8 Å². The van der Waals surface area contributed by atoms with Crippen molar-refractivity contribution in [1.29, 1.82) is 0 Å². The number of Topliss-reactive ketones (excluding diaryl/α,β-unsaturated/α-hetero) is 1. The van der Waals surface area contributed by atoms with Crippen LogP contribution in [0.5, 0.6) is 0 Å². The lowest BCUT2D eigenvalue weighted by atomic mass is 10.1. The number of nitrogens with zero attached hydrogens (tertiary/aromatic N) is 3. The monoisotopic (exact) mass is 301 g/mol. The highest BCUT2D eigenvalue weighted by Gasteiger charge is 2.22. The van der Waals surface area contributed by atoms with Gasteiger partial charge in [0.25, 0.3) is 0 Å². The van der Waals surface area contributed by atoms with Gasteiger partial charge in [0, 0.05) is 5.56 Å². The van der Waals surface area contributed by atoms with Crippen molar-refractivity contribution < 1.29 is 9.72 Å². The SMILES string of the molecule is CCCc1ccc(C(=O)Cn2nc(C)c([N+](=O)[O-])c2C)cc1. The number of carbonyl (C=O) groups is 1. The summed E-state index contributed by atoms with van der Waals surface area (Å²) < 4.78 is 1.40. The van der Waals surface area contributed by atoms with E-state index in [1.165, 1.54) is 10.2 Å². The fourth-order valence-corrected chi connectivity index (χ4v) is 2.48. The van der Waals surface area contributed by atoms with Gasteiger partial charge >= 0.3 is 5.69 Å². The van der Waals surface area contributed by atoms with Crippen molar-refractivity contribution in [1.82, 2.24) is 9.78 Å². The van der Waals surface area contributed by atoms with Gasteiger partial charge in [-0.2, -0.15) is 5.10 Å². The molecular formula is C16H19N3O3. The third kappa shape index (κ3) is 3.21. The van der Waals surface area contributed by atoms with E-state index >= 15 is 0 Å². The van der Waals surface area contributed by atoms with E-state index in [4.69, 9.17) is 0 Å². The molecule has 0 atom stereocenters. The van der Waals surface area contributed by atoms with Crippen LogP contribution in [0.25, 0.3) is 0 Å². The van der Waals surface area contributed by atoms with Gasteiger partial charge in [0.1, 0.15) is 17.9 Å². The predicted molar refractivity (Wildman–Crippen MR) is 83.1 cm³/mol. The van der Waals surface area contributed by atoms with E-state index in [1.807, 2.05) is 12.1 Å². The maximum Gasteiger partial charge on any atom is 0.312 e. The standard InChI is InChI=1S/C16H19N3O3/c1-4-5-13-6-8-14(9-7-13)15(20)10-18-12(3)16(19(21)22)11(2)17-18/h6-9H,4-5,10H2,1-3H3. The molecule has 0 bridgehead atoms. The summed E-state index contributed by atoms with van der Waals surface area (Å²) in [6.07, 6.45) is 2.04. The van der Waals surface area contributed by atoms with Gasteiger partial charge in [0.15, 0.2) is 5.78 Å². The minimum absolute atomic E-state index is 0.00758. The first kappa shape index (κ1) is 15.9. The Labute approximate surface area is 128 Å². The predicted octanol–water partition coefficient (Wildman–Crippen LogP) is 3.24. The summed E-state index contributed by atoms with van der Waals surface area (Å²) in [4.78, 5) is 22.8. The Morgan fingerprint density at radius 1 is 1.27 bits per heavy atom. The Hall–Kier alpha value is -2.50. The van der Waals surface area contributed by atoms with Crippen LogP contribution in [0.15, 0.2) is 24.3 Å². The molecule has 0 saturated heterocycles. The van der Waals surface area contributed by atoms with E-state index in [9.17, 15) is 14.9 Å². The Morgan fingerprint density at radius 2 is 1.91 bits per heavy atom. The molecule has 0 radical (unpaired) electrons. The molecule has 0 aliphatic rings. The fraction of sp³-hybridized carbons (Fsp3) is 0.375. The van der Waals surface area contributed by atoms with Crippen molar-refractivity contribution >= 4 is 11.5 Å². The summed E-state index contributed by atoms with van der Waals surface area (Å²) in [5, 5.41) is 15.1. The van der Waals surface area contributed by atoms with Crippen LogP contribution < -0.4 is 0 Å². The smallest absolute Gasteiger partial charge is 0.292 e. The molecule has 1 heterocycles. The van der Waals surface area contributed by atoms with Crippen molar-refractivity contribution in [3.8, 4) is 0 Å². The second kappa shape index (κ2) is 6.51. The van der Waals surface area contributed by atoms with Crippen LogP contribution in [0, 0.1) is 24.0 Å². The molecule has 0 spiro atoms. The first-order valence-corrected chi connectivity index (χ1v) is 7.24. The number of nitro groups is 1. The fourth-order valence-electron chi connectivity index (χ4n) is 2.48. The molecule has 2 rings (SSSR count). The van der Waals surface area contributed by atoms with Crippen LogP contribution in [-0.4, -0.2) is 20.5 Å². The van der Waals surface area contributed by atoms with Gasteiger partial charge < -0.3 is 0 Å². The molecule has 22 heavy (non-hydrogen) atoms. The summed E-state index contributed by atoms with van der Waals surface area (Å²) in [6.45, 7) is 5.30. The van der Waals surface area contributed by atoms with Crippen molar-refractivity contribution in [3.63, 3.8) is 0 Å². The van der Waals surface area contributed by atoms with Crippen molar-refractivity contribution in [3.05, 3.63) is 56.9 Å². The molecule has 0 aliphatic carbocycles. The minimum atomic E-state index is -0.460. The summed E-state index contributed by atoms with van der Waals surface area (Å²) in [6, 6.07) is 7.49. The molecule has 0 aliphatic heterocycles. The summed E-state index contributed by atoms with van der Waals surface area (Å²) in [5.41, 5.74) is 2.49. The first-order valence-electron chi connectivity index (χ1n) is 7.24. The van der Waals surface area contributed by atoms with Crippen LogP contribution in [0.3, 0.4) is 0 Å². The highest BCUT2D eigenvalue weighted by molar-refractivity contribution is 5.95. The van der Waals surface area contributed by atoms with E-state index < -0.39 is 4.92 Å². The topological polar surface area (TPSA) is 78.0 Å². The van der Waals surface area contributed by atoms with Gasteiger partial charge in [-0.1, -0.05) is 37.6 Å². The number of aromatic nitrogens is 2. The molecule has 1 aromatic heterocycles. The van der Waals surface area contributed by atoms with Crippen molar-refractivity contribution in [2.75, 3.05) is 0 Å². The van der Waals surface area contributed by atoms with Crippen LogP contribution in [0.4, 0.5) is 5.69 Å². The quantitative estimate of drug-likeness (QED) is 0.466. The molecule has 0 amide bonds. The second-order valence-corrected chi connectivity index (χ2v) is 5.30. The van der Waals surface area contributed by atoms with Crippen LogP contribution in [-0.2, 0) is 13.0 Å². The molecule has 2 aromatic rings. The van der Waals surface area contributed by atoms with Crippen LogP contribution in [0.1, 0.15) is 40.7 Å². The molecule has 0 N–H and O–H groups in total. The van der Waals surface area contributed by atoms with E-state index in [2.05, 4.69) is 12.0 Å². The first-order chi connectivity index (χ1) is 10.4. The molecule has 116 valence electrons. The van der Waals surface area contributed by atoms with Gasteiger partial charge in [-0.05, 0) is 25.8 Å². The van der Waals surface area contributed by atoms with Gasteiger partial charge in [0.2, 0.25) is 0 Å². The Bertz CT molecular complexity index is 702. The third-order valence-corrected chi connectivity index (χ3v) is 3.63. The number of hydrogen-bond acceptors (Lipinski definition) is 4. The number of rotatable bonds is 6. The lowest BCUT2D eigenvalue weighted by molar-refractivity contribution is -0.386. The highest BCUT2D eigenvalue weighted by Crippen LogP contribution is 2.22. The molecular weight excluding hydrogens is 282 g/mol. The highest BCUT2D eigenvalue weighted by atomic mass is 16.6. The number of benzene rings is 1. The molecule has 0 fully saturated rings. The third-order valence-electron chi connectivity index (χ3n) is 3.63. The maximum absolute atomic E-state index is 12.3. The molecule has 0 unspecified atom stereocenters. The normalized spacial score (nSPS) is 10.7. The van der Waals surface area contributed by atoms with Crippen molar-refractivity contribution in [2.45, 2.75) is 40.2 Å². The van der Waals surface area contributed by atoms with E-state index in [1.54, 1.807) is 26.0 Å². The maximum atomic E-state index is 12.3. The number of ketones is 1.